The van der Waals surface area contributed by atoms with Crippen LogP contribution in [0.4, 0.5) is 0 Å². The van der Waals surface area contributed by atoms with Crippen molar-refractivity contribution in [3.63, 3.8) is 0 Å². The molecule has 2 heterocycles. The number of hydrogen-bond acceptors (Lipinski definition) is 0. The normalized spacial score (nSPS) is 11.8. The average molecular weight is 737 g/mol. The number of rotatable bonds is 5. The number of aromatic amines is 1. The number of hydrogen-bond donors (Lipinski definition) is 1. The molecule has 12 aromatic rings. The quantitative estimate of drug-likeness (QED) is 0.170. The van der Waals surface area contributed by atoms with Crippen LogP contribution < -0.4 is 0 Å². The van der Waals surface area contributed by atoms with E-state index in [0.29, 0.717) is 0 Å². The van der Waals surface area contributed by atoms with Gasteiger partial charge in [0, 0.05) is 38.3 Å². The van der Waals surface area contributed by atoms with Gasteiger partial charge in [-0.3, -0.25) is 0 Å². The molecule has 0 spiro atoms. The van der Waals surface area contributed by atoms with Crippen LogP contribution in [0.25, 0.3) is 115 Å². The smallest absolute Gasteiger partial charge is 0.0544 e. The lowest BCUT2D eigenvalue weighted by Gasteiger charge is -2.13. The Hall–Kier alpha value is -7.68. The van der Waals surface area contributed by atoms with E-state index in [1.54, 1.807) is 0 Å². The largest absolute Gasteiger partial charge is 0.354 e. The lowest BCUT2D eigenvalue weighted by Crippen LogP contribution is -1.93. The van der Waals surface area contributed by atoms with Crippen molar-refractivity contribution in [1.29, 1.82) is 0 Å². The second-order valence-electron chi connectivity index (χ2n) is 15.4. The highest BCUT2D eigenvalue weighted by atomic mass is 15.0. The molecule has 58 heavy (non-hydrogen) atoms. The van der Waals surface area contributed by atoms with Crippen molar-refractivity contribution in [3.05, 3.63) is 212 Å². The molecule has 2 aromatic heterocycles. The van der Waals surface area contributed by atoms with E-state index in [-0.39, 0.29) is 0 Å². The molecular formula is C56H36N2. The van der Waals surface area contributed by atoms with Crippen LogP contribution in [0.1, 0.15) is 0 Å². The van der Waals surface area contributed by atoms with Crippen molar-refractivity contribution in [2.75, 3.05) is 0 Å². The van der Waals surface area contributed by atoms with Gasteiger partial charge in [-0.25, -0.2) is 0 Å². The molecule has 0 amide bonds. The van der Waals surface area contributed by atoms with Crippen LogP contribution >= 0.6 is 0 Å². The second kappa shape index (κ2) is 12.9. The van der Waals surface area contributed by atoms with E-state index in [4.69, 9.17) is 0 Å². The highest BCUT2D eigenvalue weighted by Crippen LogP contribution is 2.41. The van der Waals surface area contributed by atoms with E-state index >= 15 is 0 Å². The number of benzene rings is 10. The van der Waals surface area contributed by atoms with Crippen molar-refractivity contribution < 1.29 is 0 Å². The van der Waals surface area contributed by atoms with Gasteiger partial charge in [0.2, 0.25) is 0 Å². The maximum Gasteiger partial charge on any atom is 0.0544 e. The van der Waals surface area contributed by atoms with Gasteiger partial charge in [0.15, 0.2) is 0 Å². The van der Waals surface area contributed by atoms with Gasteiger partial charge < -0.3 is 9.55 Å². The first-order chi connectivity index (χ1) is 28.7. The standard InChI is InChI=1S/C56H36N2/c1-2-12-38(13-3-1)49-33-41-27-26-40(32-50(41)45-15-5-4-14-44(45)49)36-22-24-39(25-23-36)51-34-42(35-52-46-16-6-9-19-53(46)57-56(51)52)37-28-30-43(31-29-37)58-54-20-10-7-17-47(54)48-18-8-11-21-55(48)58/h1-35,57H. The summed E-state index contributed by atoms with van der Waals surface area (Å²) in [6.45, 7) is 0. The Balaban J connectivity index is 0.952. The molecule has 270 valence electrons. The Morgan fingerprint density at radius 2 is 0.828 bits per heavy atom. The van der Waals surface area contributed by atoms with E-state index in [0.717, 1.165) is 16.7 Å². The summed E-state index contributed by atoms with van der Waals surface area (Å²) in [5, 5.41) is 10.1. The molecule has 2 nitrogen and oxygen atoms in total. The third-order valence-corrected chi connectivity index (χ3v) is 12.1. The van der Waals surface area contributed by atoms with Gasteiger partial charge in [-0.15, -0.1) is 0 Å². The zero-order valence-corrected chi connectivity index (χ0v) is 31.7. The summed E-state index contributed by atoms with van der Waals surface area (Å²) in [4.78, 5) is 3.78. The Morgan fingerprint density at radius 3 is 1.57 bits per heavy atom. The molecule has 0 atom stereocenters. The molecule has 0 radical (unpaired) electrons. The Morgan fingerprint density at radius 1 is 0.293 bits per heavy atom. The lowest BCUT2D eigenvalue weighted by molar-refractivity contribution is 1.18. The van der Waals surface area contributed by atoms with Crippen LogP contribution in [0, 0.1) is 0 Å². The molecule has 1 N–H and O–H groups in total. The number of para-hydroxylation sites is 3. The maximum atomic E-state index is 3.78. The fraction of sp³-hybridized carbons (Fsp3) is 0. The molecule has 0 fully saturated rings. The molecule has 0 saturated carbocycles. The zero-order valence-electron chi connectivity index (χ0n) is 31.7. The minimum Gasteiger partial charge on any atom is -0.354 e. The fourth-order valence-electron chi connectivity index (χ4n) is 9.33. The molecule has 0 aliphatic heterocycles. The van der Waals surface area contributed by atoms with Crippen molar-refractivity contribution in [3.8, 4) is 50.2 Å². The second-order valence-corrected chi connectivity index (χ2v) is 15.4. The number of H-pyrrole nitrogens is 1. The number of nitrogens with one attached hydrogen (secondary N) is 1. The Kier molecular flexibility index (Phi) is 7.26. The van der Waals surface area contributed by atoms with Crippen LogP contribution in [0.3, 0.4) is 0 Å². The van der Waals surface area contributed by atoms with Gasteiger partial charge in [-0.1, -0.05) is 158 Å². The van der Waals surface area contributed by atoms with Crippen molar-refractivity contribution in [1.82, 2.24) is 9.55 Å². The number of fused-ring (bicyclic) bond motifs is 9. The predicted octanol–water partition coefficient (Wildman–Crippen LogP) is 15.4. The van der Waals surface area contributed by atoms with E-state index < -0.39 is 0 Å². The van der Waals surface area contributed by atoms with Crippen molar-refractivity contribution in [2.24, 2.45) is 0 Å². The zero-order chi connectivity index (χ0) is 38.2. The molecule has 12 rings (SSSR count). The monoisotopic (exact) mass is 736 g/mol. The average Bonchev–Trinajstić information content (AvgIpc) is 3.85. The van der Waals surface area contributed by atoms with E-state index in [1.807, 2.05) is 0 Å². The molecular weight excluding hydrogens is 701 g/mol. The van der Waals surface area contributed by atoms with Crippen LogP contribution in [-0.2, 0) is 0 Å². The number of nitrogens with zero attached hydrogens (tertiary/aromatic N) is 1. The van der Waals surface area contributed by atoms with Crippen LogP contribution in [0.15, 0.2) is 212 Å². The summed E-state index contributed by atoms with van der Waals surface area (Å²) in [7, 11) is 0. The maximum absolute atomic E-state index is 3.78. The minimum absolute atomic E-state index is 1.15. The van der Waals surface area contributed by atoms with E-state index in [1.165, 1.54) is 98.6 Å². The molecule has 0 bridgehead atoms. The van der Waals surface area contributed by atoms with Crippen LogP contribution in [-0.4, -0.2) is 9.55 Å². The molecule has 0 aliphatic rings. The SMILES string of the molecule is c1ccc(-c2cc3ccc(-c4ccc(-c5cc(-c6ccc(-n7c8ccccc8c8ccccc87)cc6)cc6c5[nH]c5ccccc56)cc4)cc3c3ccccc23)cc1. The van der Waals surface area contributed by atoms with Crippen molar-refractivity contribution in [2.45, 2.75) is 0 Å². The van der Waals surface area contributed by atoms with Gasteiger partial charge in [0.1, 0.15) is 0 Å². The number of aromatic nitrogens is 2. The molecule has 0 saturated heterocycles. The summed E-state index contributed by atoms with van der Waals surface area (Å²) in [5.74, 6) is 0. The first-order valence-corrected chi connectivity index (χ1v) is 20.0. The summed E-state index contributed by atoms with van der Waals surface area (Å²) in [6.07, 6.45) is 0. The van der Waals surface area contributed by atoms with Gasteiger partial charge in [-0.05, 0) is 115 Å². The third-order valence-electron chi connectivity index (χ3n) is 12.1. The summed E-state index contributed by atoms with van der Waals surface area (Å²) in [5.41, 5.74) is 15.6. The topological polar surface area (TPSA) is 20.7 Å². The Bertz CT molecular complexity index is 3480. The Labute approximate surface area is 335 Å². The van der Waals surface area contributed by atoms with E-state index in [9.17, 15) is 0 Å². The van der Waals surface area contributed by atoms with Crippen LogP contribution in [0.5, 0.6) is 0 Å². The highest BCUT2D eigenvalue weighted by molar-refractivity contribution is 6.16. The van der Waals surface area contributed by atoms with Gasteiger partial charge in [0.05, 0.1) is 16.6 Å². The fourth-order valence-corrected chi connectivity index (χ4v) is 9.33. The molecule has 10 aromatic carbocycles. The lowest BCUT2D eigenvalue weighted by atomic mass is 9.91. The predicted molar refractivity (Wildman–Crippen MR) is 247 cm³/mol. The van der Waals surface area contributed by atoms with Gasteiger partial charge in [-0.2, -0.15) is 0 Å². The van der Waals surface area contributed by atoms with Crippen molar-refractivity contribution >= 4 is 65.2 Å². The van der Waals surface area contributed by atoms with E-state index in [2.05, 4.69) is 222 Å². The summed E-state index contributed by atoms with van der Waals surface area (Å²) in [6, 6.07) is 77.7. The third kappa shape index (κ3) is 5.12. The molecule has 2 heteroatoms. The van der Waals surface area contributed by atoms with Gasteiger partial charge in [0.25, 0.3) is 0 Å². The molecule has 0 unspecified atom stereocenters. The molecule has 0 aliphatic carbocycles. The van der Waals surface area contributed by atoms with Crippen LogP contribution in [0.2, 0.25) is 0 Å². The minimum atomic E-state index is 1.15. The first kappa shape index (κ1) is 32.6. The first-order valence-electron chi connectivity index (χ1n) is 20.0. The van der Waals surface area contributed by atoms with Gasteiger partial charge >= 0.3 is 0 Å². The highest BCUT2D eigenvalue weighted by Gasteiger charge is 2.16. The summed E-state index contributed by atoms with van der Waals surface area (Å²) < 4.78 is 2.38. The summed E-state index contributed by atoms with van der Waals surface area (Å²) >= 11 is 0.